The molecular weight excluding hydrogens is 320 g/mol. The van der Waals surface area contributed by atoms with E-state index in [-0.39, 0.29) is 11.2 Å². The van der Waals surface area contributed by atoms with Crippen LogP contribution in [-0.2, 0) is 0 Å². The fourth-order valence-corrected chi connectivity index (χ4v) is 2.39. The summed E-state index contributed by atoms with van der Waals surface area (Å²) in [4.78, 5) is 12.6. The van der Waals surface area contributed by atoms with Crippen molar-refractivity contribution in [3.05, 3.63) is 64.6 Å². The first-order valence-corrected chi connectivity index (χ1v) is 7.65. The highest BCUT2D eigenvalue weighted by Crippen LogP contribution is 2.32. The smallest absolute Gasteiger partial charge is 0.299 e. The van der Waals surface area contributed by atoms with E-state index in [1.54, 1.807) is 39.3 Å². The summed E-state index contributed by atoms with van der Waals surface area (Å²) >= 11 is 0. The molecule has 0 radical (unpaired) electrons. The van der Waals surface area contributed by atoms with Gasteiger partial charge in [0.05, 0.1) is 25.6 Å². The van der Waals surface area contributed by atoms with Gasteiger partial charge in [0.2, 0.25) is 0 Å². The average Bonchev–Trinajstić information content (AvgIpc) is 2.94. The summed E-state index contributed by atoms with van der Waals surface area (Å²) in [6, 6.07) is 14.5. The monoisotopic (exact) mass is 338 g/mol. The van der Waals surface area contributed by atoms with Crippen LogP contribution in [0.25, 0.3) is 5.69 Å². The Morgan fingerprint density at radius 3 is 2.44 bits per heavy atom. The number of H-pyrrole nitrogens is 1. The van der Waals surface area contributed by atoms with Crippen LogP contribution in [0.15, 0.2) is 63.6 Å². The molecule has 3 rings (SSSR count). The highest BCUT2D eigenvalue weighted by molar-refractivity contribution is 5.55. The van der Waals surface area contributed by atoms with Crippen LogP contribution in [0.5, 0.6) is 11.5 Å². The van der Waals surface area contributed by atoms with Gasteiger partial charge in [-0.2, -0.15) is 0 Å². The molecule has 1 heterocycles. The first-order valence-electron chi connectivity index (χ1n) is 7.65. The number of methoxy groups -OCH3 is 2. The molecule has 0 bridgehead atoms. The number of nitrogens with one attached hydrogen (secondary N) is 1. The Balaban J connectivity index is 2.01. The maximum atomic E-state index is 12.6. The van der Waals surface area contributed by atoms with Crippen LogP contribution in [0.1, 0.15) is 5.69 Å². The summed E-state index contributed by atoms with van der Waals surface area (Å²) in [5.41, 5.74) is 1.81. The van der Waals surface area contributed by atoms with Crippen LogP contribution in [0.4, 0.5) is 11.4 Å². The van der Waals surface area contributed by atoms with E-state index >= 15 is 0 Å². The van der Waals surface area contributed by atoms with Crippen molar-refractivity contribution in [3.63, 3.8) is 0 Å². The third kappa shape index (κ3) is 3.30. The fraction of sp³-hybridized carbons (Fsp3) is 0.167. The van der Waals surface area contributed by atoms with Gasteiger partial charge in [-0.1, -0.05) is 18.2 Å². The molecule has 7 nitrogen and oxygen atoms in total. The maximum Gasteiger partial charge on any atom is 0.299 e. The van der Waals surface area contributed by atoms with Crippen LogP contribution in [0.3, 0.4) is 0 Å². The van der Waals surface area contributed by atoms with Gasteiger partial charge in [0.1, 0.15) is 17.2 Å². The van der Waals surface area contributed by atoms with Gasteiger partial charge in [-0.05, 0) is 31.2 Å². The summed E-state index contributed by atoms with van der Waals surface area (Å²) in [6.07, 6.45) is 0. The summed E-state index contributed by atoms with van der Waals surface area (Å²) in [7, 11) is 3.11. The van der Waals surface area contributed by atoms with Gasteiger partial charge in [0.25, 0.3) is 5.56 Å². The number of aromatic nitrogens is 2. The number of rotatable bonds is 5. The van der Waals surface area contributed by atoms with Crippen molar-refractivity contribution in [2.24, 2.45) is 10.2 Å². The Morgan fingerprint density at radius 1 is 1.00 bits per heavy atom. The minimum atomic E-state index is -0.269. The standard InChI is InChI=1S/C18H18N4O3/c1-12-17(18(23)22(21-12)13-7-5-4-6-8-13)20-19-15-11-14(24-2)9-10-16(15)25-3/h4-11,21H,1-3H3. The van der Waals surface area contributed by atoms with E-state index in [0.717, 1.165) is 5.69 Å². The molecular formula is C18H18N4O3. The molecule has 7 heteroatoms. The van der Waals surface area contributed by atoms with Crippen LogP contribution in [0.2, 0.25) is 0 Å². The minimum absolute atomic E-state index is 0.244. The summed E-state index contributed by atoms with van der Waals surface area (Å²) in [5.74, 6) is 1.17. The molecule has 25 heavy (non-hydrogen) atoms. The van der Waals surface area contributed by atoms with Crippen molar-refractivity contribution in [3.8, 4) is 17.2 Å². The summed E-state index contributed by atoms with van der Waals surface area (Å²) < 4.78 is 11.9. The summed E-state index contributed by atoms with van der Waals surface area (Å²) in [5, 5.41) is 11.3. The Morgan fingerprint density at radius 2 is 1.76 bits per heavy atom. The number of benzene rings is 2. The number of hydrogen-bond donors (Lipinski definition) is 1. The van der Waals surface area contributed by atoms with Crippen LogP contribution < -0.4 is 15.0 Å². The molecule has 0 fully saturated rings. The second-order valence-corrected chi connectivity index (χ2v) is 5.30. The largest absolute Gasteiger partial charge is 0.497 e. The molecule has 0 saturated carbocycles. The Bertz CT molecular complexity index is 958. The van der Waals surface area contributed by atoms with Crippen molar-refractivity contribution in [2.45, 2.75) is 6.92 Å². The van der Waals surface area contributed by atoms with Crippen LogP contribution >= 0.6 is 0 Å². The molecule has 128 valence electrons. The van der Waals surface area contributed by atoms with Crippen molar-refractivity contribution < 1.29 is 9.47 Å². The molecule has 0 aliphatic heterocycles. The van der Waals surface area contributed by atoms with E-state index in [0.29, 0.717) is 22.9 Å². The topological polar surface area (TPSA) is 81.0 Å². The van der Waals surface area contributed by atoms with E-state index < -0.39 is 0 Å². The lowest BCUT2D eigenvalue weighted by atomic mass is 10.3. The zero-order valence-electron chi connectivity index (χ0n) is 14.2. The molecule has 3 aromatic rings. The molecule has 0 aliphatic carbocycles. The number of para-hydroxylation sites is 1. The van der Waals surface area contributed by atoms with Gasteiger partial charge in [-0.15, -0.1) is 10.2 Å². The van der Waals surface area contributed by atoms with Gasteiger partial charge in [0.15, 0.2) is 5.69 Å². The zero-order chi connectivity index (χ0) is 17.8. The third-order valence-corrected chi connectivity index (χ3v) is 3.70. The predicted octanol–water partition coefficient (Wildman–Crippen LogP) is 3.91. The Kier molecular flexibility index (Phi) is 4.65. The maximum absolute atomic E-state index is 12.6. The number of aryl methyl sites for hydroxylation is 1. The second kappa shape index (κ2) is 7.04. The number of hydrogen-bond acceptors (Lipinski definition) is 5. The molecule has 0 unspecified atom stereocenters. The van der Waals surface area contributed by atoms with Gasteiger partial charge in [-0.3, -0.25) is 9.89 Å². The third-order valence-electron chi connectivity index (χ3n) is 3.70. The van der Waals surface area contributed by atoms with Crippen molar-refractivity contribution in [1.82, 2.24) is 9.78 Å². The van der Waals surface area contributed by atoms with E-state index in [2.05, 4.69) is 15.3 Å². The second-order valence-electron chi connectivity index (χ2n) is 5.30. The molecule has 1 N–H and O–H groups in total. The lowest BCUT2D eigenvalue weighted by Gasteiger charge is -2.05. The van der Waals surface area contributed by atoms with E-state index in [1.807, 2.05) is 30.3 Å². The number of ether oxygens (including phenoxy) is 2. The molecule has 0 saturated heterocycles. The Labute approximate surface area is 144 Å². The van der Waals surface area contributed by atoms with E-state index in [9.17, 15) is 4.79 Å². The number of azo groups is 1. The quantitative estimate of drug-likeness (QED) is 0.716. The van der Waals surface area contributed by atoms with Crippen LogP contribution in [-0.4, -0.2) is 24.0 Å². The van der Waals surface area contributed by atoms with Crippen molar-refractivity contribution in [1.29, 1.82) is 0 Å². The molecule has 1 aromatic heterocycles. The molecule has 0 spiro atoms. The van der Waals surface area contributed by atoms with Gasteiger partial charge in [-0.25, -0.2) is 4.68 Å². The van der Waals surface area contributed by atoms with Crippen LogP contribution in [0, 0.1) is 6.92 Å². The lowest BCUT2D eigenvalue weighted by Crippen LogP contribution is -2.13. The van der Waals surface area contributed by atoms with Gasteiger partial charge in [0, 0.05) is 6.07 Å². The molecule has 0 aliphatic rings. The van der Waals surface area contributed by atoms with Crippen molar-refractivity contribution in [2.75, 3.05) is 14.2 Å². The molecule has 2 aromatic carbocycles. The fourth-order valence-electron chi connectivity index (χ4n) is 2.39. The van der Waals surface area contributed by atoms with E-state index in [4.69, 9.17) is 9.47 Å². The average molecular weight is 338 g/mol. The SMILES string of the molecule is COc1ccc(OC)c(N=Nc2c(C)[nH]n(-c3ccccc3)c2=O)c1. The Hall–Kier alpha value is -3.35. The first kappa shape index (κ1) is 16.5. The zero-order valence-corrected chi connectivity index (χ0v) is 14.2. The highest BCUT2D eigenvalue weighted by Gasteiger charge is 2.12. The minimum Gasteiger partial charge on any atom is -0.497 e. The first-order chi connectivity index (χ1) is 12.1. The molecule has 0 atom stereocenters. The van der Waals surface area contributed by atoms with E-state index in [1.165, 1.54) is 4.68 Å². The predicted molar refractivity (Wildman–Crippen MR) is 94.8 cm³/mol. The summed E-state index contributed by atoms with van der Waals surface area (Å²) in [6.45, 7) is 1.78. The number of aromatic amines is 1. The van der Waals surface area contributed by atoms with Gasteiger partial charge < -0.3 is 9.47 Å². The highest BCUT2D eigenvalue weighted by atomic mass is 16.5. The number of nitrogens with zero attached hydrogens (tertiary/aromatic N) is 3. The lowest BCUT2D eigenvalue weighted by molar-refractivity contribution is 0.404. The molecule has 0 amide bonds. The van der Waals surface area contributed by atoms with Gasteiger partial charge >= 0.3 is 0 Å². The van der Waals surface area contributed by atoms with Crippen molar-refractivity contribution >= 4 is 11.4 Å². The normalized spacial score (nSPS) is 11.0.